The van der Waals surface area contributed by atoms with Crippen LogP contribution in [0.2, 0.25) is 0 Å². The standard InChI is InChI=1S/C41H50N2O2/c1-26-6-8-31(9-7-26)32-18-20-41(21-19-32,33-22-27(2)39(28(3)23-33)44-37-14-10-35(42)11-15-37)34-24-29(4)40(30(5)25-34)45-38-16-12-36(43)13-17-38/h10-17,22-26,31-32H,6-9,18-21,42-43H2,1-5H3/t26-,31-. The van der Waals surface area contributed by atoms with Gasteiger partial charge < -0.3 is 20.9 Å². The van der Waals surface area contributed by atoms with Gasteiger partial charge in [-0.2, -0.15) is 0 Å². The topological polar surface area (TPSA) is 70.5 Å². The molecule has 0 spiro atoms. The summed E-state index contributed by atoms with van der Waals surface area (Å²) in [5, 5.41) is 0. The van der Waals surface area contributed by atoms with Gasteiger partial charge in [0.05, 0.1) is 0 Å². The van der Waals surface area contributed by atoms with Gasteiger partial charge in [0.2, 0.25) is 0 Å². The normalized spacial score (nSPS) is 20.1. The van der Waals surface area contributed by atoms with Crippen LogP contribution in [-0.4, -0.2) is 0 Å². The van der Waals surface area contributed by atoms with E-state index in [9.17, 15) is 0 Å². The molecular weight excluding hydrogens is 552 g/mol. The van der Waals surface area contributed by atoms with Gasteiger partial charge in [-0.25, -0.2) is 0 Å². The van der Waals surface area contributed by atoms with Crippen molar-refractivity contribution in [3.63, 3.8) is 0 Å². The number of hydrogen-bond acceptors (Lipinski definition) is 4. The van der Waals surface area contributed by atoms with E-state index < -0.39 is 0 Å². The first-order valence-electron chi connectivity index (χ1n) is 16.9. The van der Waals surface area contributed by atoms with Crippen molar-refractivity contribution in [1.29, 1.82) is 0 Å². The predicted molar refractivity (Wildman–Crippen MR) is 188 cm³/mol. The van der Waals surface area contributed by atoms with Crippen molar-refractivity contribution in [2.24, 2.45) is 17.8 Å². The molecule has 0 heterocycles. The molecule has 4 nitrogen and oxygen atoms in total. The smallest absolute Gasteiger partial charge is 0.133 e. The van der Waals surface area contributed by atoms with Crippen molar-refractivity contribution in [1.82, 2.24) is 0 Å². The number of rotatable bonds is 7. The van der Waals surface area contributed by atoms with Crippen LogP contribution in [0.5, 0.6) is 23.0 Å². The third-order valence-electron chi connectivity index (χ3n) is 10.8. The lowest BCUT2D eigenvalue weighted by Gasteiger charge is -2.45. The van der Waals surface area contributed by atoms with E-state index in [0.29, 0.717) is 0 Å². The highest BCUT2D eigenvalue weighted by molar-refractivity contribution is 5.55. The second-order valence-corrected chi connectivity index (χ2v) is 14.2. The Morgan fingerprint density at radius 2 is 0.889 bits per heavy atom. The fraction of sp³-hybridized carbons (Fsp3) is 0.415. The zero-order chi connectivity index (χ0) is 31.7. The number of ether oxygens (including phenoxy) is 2. The number of hydrogen-bond donors (Lipinski definition) is 2. The minimum absolute atomic E-state index is 0.0526. The first-order valence-corrected chi connectivity index (χ1v) is 16.9. The molecule has 4 N–H and O–H groups in total. The Hall–Kier alpha value is -3.92. The average molecular weight is 603 g/mol. The highest BCUT2D eigenvalue weighted by atomic mass is 16.5. The summed E-state index contributed by atoms with van der Waals surface area (Å²) in [4.78, 5) is 0. The zero-order valence-corrected chi connectivity index (χ0v) is 27.8. The van der Waals surface area contributed by atoms with Crippen LogP contribution in [0.1, 0.15) is 91.7 Å². The van der Waals surface area contributed by atoms with Crippen LogP contribution in [0, 0.1) is 45.4 Å². The SMILES string of the molecule is Cc1cc(C2(c3cc(C)c(Oc4ccc(N)cc4)c(C)c3)CCC([C@H]3CC[C@H](C)CC3)CC2)cc(C)c1Oc1ccc(N)cc1. The molecule has 4 heteroatoms. The predicted octanol–water partition coefficient (Wildman–Crippen LogP) is 11.0. The minimum Gasteiger partial charge on any atom is -0.457 e. The fourth-order valence-corrected chi connectivity index (χ4v) is 8.19. The molecule has 0 aliphatic heterocycles. The zero-order valence-electron chi connectivity index (χ0n) is 27.8. The van der Waals surface area contributed by atoms with Crippen LogP contribution >= 0.6 is 0 Å². The molecule has 2 aliphatic rings. The van der Waals surface area contributed by atoms with E-state index in [1.165, 1.54) is 71.9 Å². The molecule has 0 atom stereocenters. The van der Waals surface area contributed by atoms with E-state index in [2.05, 4.69) is 58.9 Å². The van der Waals surface area contributed by atoms with Gasteiger partial charge in [-0.05, 0) is 166 Å². The number of nitrogen functional groups attached to an aromatic ring is 2. The number of nitrogens with two attached hydrogens (primary N) is 2. The average Bonchev–Trinajstić information content (AvgIpc) is 3.03. The number of anilines is 2. The van der Waals surface area contributed by atoms with Gasteiger partial charge >= 0.3 is 0 Å². The summed E-state index contributed by atoms with van der Waals surface area (Å²) in [6.45, 7) is 11.2. The molecule has 4 aromatic rings. The van der Waals surface area contributed by atoms with Gasteiger partial charge in [0.25, 0.3) is 0 Å². The monoisotopic (exact) mass is 602 g/mol. The van der Waals surface area contributed by atoms with Gasteiger partial charge in [0, 0.05) is 16.8 Å². The van der Waals surface area contributed by atoms with E-state index in [1.54, 1.807) is 0 Å². The second-order valence-electron chi connectivity index (χ2n) is 14.2. The molecular formula is C41H50N2O2. The first kappa shape index (κ1) is 31.1. The lowest BCUT2D eigenvalue weighted by atomic mass is 9.59. The molecule has 6 rings (SSSR count). The number of benzene rings is 4. The van der Waals surface area contributed by atoms with Gasteiger partial charge in [-0.1, -0.05) is 44.0 Å². The molecule has 2 fully saturated rings. The van der Waals surface area contributed by atoms with Gasteiger partial charge in [-0.15, -0.1) is 0 Å². The maximum Gasteiger partial charge on any atom is 0.133 e. The quantitative estimate of drug-likeness (QED) is 0.206. The maximum atomic E-state index is 6.42. The third-order valence-corrected chi connectivity index (χ3v) is 10.8. The van der Waals surface area contributed by atoms with Crippen LogP contribution in [0.25, 0.3) is 0 Å². The Bertz CT molecular complexity index is 1470. The Balaban J connectivity index is 1.36. The summed E-state index contributed by atoms with van der Waals surface area (Å²) in [6, 6.07) is 24.9. The van der Waals surface area contributed by atoms with E-state index in [-0.39, 0.29) is 5.41 Å². The molecule has 4 aromatic carbocycles. The second kappa shape index (κ2) is 12.8. The summed E-state index contributed by atoms with van der Waals surface area (Å²) < 4.78 is 12.8. The highest BCUT2D eigenvalue weighted by Gasteiger charge is 2.41. The van der Waals surface area contributed by atoms with Gasteiger partial charge in [0.1, 0.15) is 23.0 Å². The van der Waals surface area contributed by atoms with Crippen molar-refractivity contribution in [2.45, 2.75) is 91.4 Å². The minimum atomic E-state index is -0.0526. The summed E-state index contributed by atoms with van der Waals surface area (Å²) in [7, 11) is 0. The molecule has 2 aliphatic carbocycles. The van der Waals surface area contributed by atoms with Crippen LogP contribution in [0.3, 0.4) is 0 Å². The summed E-state index contributed by atoms with van der Waals surface area (Å²) >= 11 is 0. The first-order chi connectivity index (χ1) is 21.6. The largest absolute Gasteiger partial charge is 0.457 e. The van der Waals surface area contributed by atoms with Crippen molar-refractivity contribution in [2.75, 3.05) is 11.5 Å². The van der Waals surface area contributed by atoms with E-state index in [4.69, 9.17) is 20.9 Å². The van der Waals surface area contributed by atoms with Gasteiger partial charge in [0.15, 0.2) is 0 Å². The molecule has 0 amide bonds. The molecule has 0 saturated heterocycles. The van der Waals surface area contributed by atoms with Crippen LogP contribution < -0.4 is 20.9 Å². The summed E-state index contributed by atoms with van der Waals surface area (Å²) in [6.07, 6.45) is 10.5. The van der Waals surface area contributed by atoms with Crippen molar-refractivity contribution < 1.29 is 9.47 Å². The molecule has 236 valence electrons. The maximum absolute atomic E-state index is 6.42. The van der Waals surface area contributed by atoms with Crippen LogP contribution in [0.15, 0.2) is 72.8 Å². The highest BCUT2D eigenvalue weighted by Crippen LogP contribution is 2.52. The van der Waals surface area contributed by atoms with Gasteiger partial charge in [-0.3, -0.25) is 0 Å². The Labute approximate surface area is 270 Å². The molecule has 0 aromatic heterocycles. The molecule has 0 unspecified atom stereocenters. The van der Waals surface area contributed by atoms with Crippen molar-refractivity contribution >= 4 is 11.4 Å². The third kappa shape index (κ3) is 6.57. The lowest BCUT2D eigenvalue weighted by molar-refractivity contribution is 0.147. The Morgan fingerprint density at radius 1 is 0.533 bits per heavy atom. The van der Waals surface area contributed by atoms with Crippen LogP contribution in [-0.2, 0) is 5.41 Å². The van der Waals surface area contributed by atoms with Crippen molar-refractivity contribution in [3.8, 4) is 23.0 Å². The van der Waals surface area contributed by atoms with E-state index >= 15 is 0 Å². The fourth-order valence-electron chi connectivity index (χ4n) is 8.19. The summed E-state index contributed by atoms with van der Waals surface area (Å²) in [5.41, 5.74) is 20.8. The molecule has 45 heavy (non-hydrogen) atoms. The Kier molecular flexibility index (Phi) is 8.86. The van der Waals surface area contributed by atoms with Crippen molar-refractivity contribution in [3.05, 3.63) is 106 Å². The molecule has 0 bridgehead atoms. The van der Waals surface area contributed by atoms with Crippen LogP contribution in [0.4, 0.5) is 11.4 Å². The summed E-state index contributed by atoms with van der Waals surface area (Å²) in [5.74, 6) is 6.09. The Morgan fingerprint density at radius 3 is 1.27 bits per heavy atom. The molecule has 2 saturated carbocycles. The van der Waals surface area contributed by atoms with E-state index in [1.807, 2.05) is 48.5 Å². The lowest BCUT2D eigenvalue weighted by Crippen LogP contribution is -2.36. The molecule has 0 radical (unpaired) electrons. The number of aryl methyl sites for hydroxylation is 4. The van der Waals surface area contributed by atoms with E-state index in [0.717, 1.165) is 65.0 Å².